The van der Waals surface area contributed by atoms with E-state index in [-0.39, 0.29) is 11.4 Å². The van der Waals surface area contributed by atoms with Crippen LogP contribution in [0.25, 0.3) is 16.6 Å². The fourth-order valence-corrected chi connectivity index (χ4v) is 2.54. The van der Waals surface area contributed by atoms with E-state index in [0.29, 0.717) is 34.6 Å². The first-order valence-corrected chi connectivity index (χ1v) is 8.25. The number of nitrogens with zero attached hydrogens (tertiary/aromatic N) is 2. The van der Waals surface area contributed by atoms with Gasteiger partial charge in [-0.25, -0.2) is 14.5 Å². The monoisotopic (exact) mass is 352 g/mol. The number of anilines is 1. The van der Waals surface area contributed by atoms with Gasteiger partial charge in [-0.3, -0.25) is 15.2 Å². The van der Waals surface area contributed by atoms with Crippen molar-refractivity contribution in [1.82, 2.24) is 20.1 Å². The van der Waals surface area contributed by atoms with Crippen molar-refractivity contribution in [2.45, 2.75) is 13.8 Å². The van der Waals surface area contributed by atoms with Crippen molar-refractivity contribution in [2.24, 2.45) is 5.92 Å². The van der Waals surface area contributed by atoms with E-state index in [1.165, 1.54) is 10.9 Å². The Balaban J connectivity index is 2.01. The van der Waals surface area contributed by atoms with Crippen molar-refractivity contribution in [1.29, 1.82) is 5.41 Å². The van der Waals surface area contributed by atoms with Crippen molar-refractivity contribution in [3.05, 3.63) is 52.4 Å². The van der Waals surface area contributed by atoms with Gasteiger partial charge in [0, 0.05) is 19.0 Å². The van der Waals surface area contributed by atoms with Crippen LogP contribution in [0.15, 0.2) is 41.3 Å². The number of amides is 2. The first-order chi connectivity index (χ1) is 12.5. The molecule has 0 radical (unpaired) electrons. The maximum absolute atomic E-state index is 12.6. The Kier molecular flexibility index (Phi) is 4.83. The molecule has 3 rings (SSSR count). The third-order valence-corrected chi connectivity index (χ3v) is 3.84. The summed E-state index contributed by atoms with van der Waals surface area (Å²) in [7, 11) is 0. The average molecular weight is 352 g/mol. The number of aromatic nitrogens is 3. The van der Waals surface area contributed by atoms with Crippen molar-refractivity contribution in [3.63, 3.8) is 0 Å². The molecule has 3 aromatic rings. The molecule has 0 atom stereocenters. The lowest BCUT2D eigenvalue weighted by molar-refractivity contribution is 0.251. The minimum atomic E-state index is -0.404. The molecule has 134 valence electrons. The van der Waals surface area contributed by atoms with Crippen molar-refractivity contribution in [3.8, 4) is 5.69 Å². The van der Waals surface area contributed by atoms with Gasteiger partial charge in [0.15, 0.2) is 0 Å². The Bertz CT molecular complexity index is 1000. The Labute approximate surface area is 149 Å². The molecule has 4 N–H and O–H groups in total. The Hall–Kier alpha value is -3.42. The maximum Gasteiger partial charge on any atom is 0.320 e. The minimum Gasteiger partial charge on any atom is -0.338 e. The maximum atomic E-state index is 12.6. The number of fused-ring (bicyclic) bond motifs is 1. The predicted octanol–water partition coefficient (Wildman–Crippen LogP) is 2.49. The van der Waals surface area contributed by atoms with E-state index in [2.05, 4.69) is 20.7 Å². The summed E-state index contributed by atoms with van der Waals surface area (Å²) in [6, 6.07) is 8.71. The van der Waals surface area contributed by atoms with Crippen LogP contribution in [0.5, 0.6) is 0 Å². The molecule has 0 aliphatic rings. The van der Waals surface area contributed by atoms with Gasteiger partial charge in [-0.15, -0.1) is 0 Å². The number of hydrogen-bond acceptors (Lipinski definition) is 4. The van der Waals surface area contributed by atoms with Gasteiger partial charge in [0.05, 0.1) is 22.2 Å². The second-order valence-corrected chi connectivity index (χ2v) is 6.27. The van der Waals surface area contributed by atoms with Crippen LogP contribution in [0.1, 0.15) is 19.4 Å². The summed E-state index contributed by atoms with van der Waals surface area (Å²) in [5.74, 6) is 0.532. The van der Waals surface area contributed by atoms with Gasteiger partial charge in [0.2, 0.25) is 0 Å². The number of pyridine rings is 1. The summed E-state index contributed by atoms with van der Waals surface area (Å²) in [5, 5.41) is 16.4. The third-order valence-electron chi connectivity index (χ3n) is 3.84. The summed E-state index contributed by atoms with van der Waals surface area (Å²) in [5.41, 5.74) is 1.20. The number of urea groups is 1. The zero-order valence-electron chi connectivity index (χ0n) is 14.5. The number of carbonyl (C=O) groups excluding carboxylic acids is 1. The lowest BCUT2D eigenvalue weighted by Gasteiger charge is -2.10. The molecule has 1 aromatic carbocycles. The smallest absolute Gasteiger partial charge is 0.320 e. The van der Waals surface area contributed by atoms with Gasteiger partial charge in [-0.1, -0.05) is 32.0 Å². The molecule has 0 aliphatic heterocycles. The number of aromatic amines is 1. The number of carbonyl (C=O) groups is 1. The number of benzene rings is 1. The predicted molar refractivity (Wildman–Crippen MR) is 101 cm³/mol. The standard InChI is InChI=1S/C18H20N6O2/c1-11(2)9-21-18(26)22-16-13(8-19)15-14(10-20-16)17(25)24(23-15)12-6-4-3-5-7-12/h3-8,10-11,19,23H,9H2,1-2H3,(H2,20,21,22,26). The van der Waals surface area contributed by atoms with Crippen LogP contribution in [0.4, 0.5) is 10.6 Å². The van der Waals surface area contributed by atoms with Crippen LogP contribution in [-0.2, 0) is 0 Å². The summed E-state index contributed by atoms with van der Waals surface area (Å²) in [6.45, 7) is 4.50. The Morgan fingerprint density at radius 3 is 2.73 bits per heavy atom. The summed E-state index contributed by atoms with van der Waals surface area (Å²) in [4.78, 5) is 28.8. The molecule has 8 nitrogen and oxygen atoms in total. The zero-order valence-corrected chi connectivity index (χ0v) is 14.5. The van der Waals surface area contributed by atoms with E-state index >= 15 is 0 Å². The molecule has 0 aliphatic carbocycles. The van der Waals surface area contributed by atoms with Gasteiger partial charge in [-0.2, -0.15) is 0 Å². The number of para-hydroxylation sites is 1. The molecule has 0 spiro atoms. The molecule has 0 fully saturated rings. The van der Waals surface area contributed by atoms with Crippen LogP contribution in [-0.4, -0.2) is 33.6 Å². The van der Waals surface area contributed by atoms with Crippen LogP contribution >= 0.6 is 0 Å². The van der Waals surface area contributed by atoms with Gasteiger partial charge in [0.25, 0.3) is 5.56 Å². The number of hydrogen-bond donors (Lipinski definition) is 4. The molecule has 0 unspecified atom stereocenters. The molecule has 2 amide bonds. The quantitative estimate of drug-likeness (QED) is 0.529. The first kappa shape index (κ1) is 17.4. The Morgan fingerprint density at radius 2 is 2.08 bits per heavy atom. The molecular formula is C18H20N6O2. The molecule has 0 saturated carbocycles. The average Bonchev–Trinajstić information content (AvgIpc) is 2.97. The molecule has 26 heavy (non-hydrogen) atoms. The lowest BCUT2D eigenvalue weighted by atomic mass is 10.2. The minimum absolute atomic E-state index is 0.218. The number of nitrogens with one attached hydrogen (secondary N) is 4. The highest BCUT2D eigenvalue weighted by Gasteiger charge is 2.16. The van der Waals surface area contributed by atoms with Gasteiger partial charge >= 0.3 is 6.03 Å². The van der Waals surface area contributed by atoms with Crippen LogP contribution in [0, 0.1) is 11.3 Å². The van der Waals surface area contributed by atoms with Gasteiger partial charge in [-0.05, 0) is 18.1 Å². The summed E-state index contributed by atoms with van der Waals surface area (Å²) in [6.07, 6.45) is 2.47. The lowest BCUT2D eigenvalue weighted by Crippen LogP contribution is -2.32. The van der Waals surface area contributed by atoms with E-state index < -0.39 is 6.03 Å². The molecule has 0 bridgehead atoms. The van der Waals surface area contributed by atoms with E-state index in [9.17, 15) is 9.59 Å². The number of H-pyrrole nitrogens is 1. The molecular weight excluding hydrogens is 332 g/mol. The zero-order chi connectivity index (χ0) is 18.7. The largest absolute Gasteiger partial charge is 0.338 e. The highest BCUT2D eigenvalue weighted by atomic mass is 16.2. The summed E-state index contributed by atoms with van der Waals surface area (Å²) >= 11 is 0. The topological polar surface area (TPSA) is 116 Å². The number of rotatable bonds is 5. The second-order valence-electron chi connectivity index (χ2n) is 6.27. The van der Waals surface area contributed by atoms with E-state index in [1.54, 1.807) is 12.1 Å². The molecule has 2 aromatic heterocycles. The summed E-state index contributed by atoms with van der Waals surface area (Å²) < 4.78 is 1.39. The van der Waals surface area contributed by atoms with E-state index in [0.717, 1.165) is 6.21 Å². The van der Waals surface area contributed by atoms with Crippen LogP contribution in [0.2, 0.25) is 0 Å². The van der Waals surface area contributed by atoms with Gasteiger partial charge in [0.1, 0.15) is 5.82 Å². The fraction of sp³-hybridized carbons (Fsp3) is 0.222. The molecule has 2 heterocycles. The SMILES string of the molecule is CC(C)CNC(=O)Nc1ncc2c(=O)n(-c3ccccc3)[nH]c2c1C=N. The highest BCUT2D eigenvalue weighted by molar-refractivity contribution is 6.04. The van der Waals surface area contributed by atoms with Crippen molar-refractivity contribution >= 4 is 29.0 Å². The van der Waals surface area contributed by atoms with Crippen LogP contribution < -0.4 is 16.2 Å². The van der Waals surface area contributed by atoms with E-state index in [1.807, 2.05) is 32.0 Å². The molecule has 8 heteroatoms. The second kappa shape index (κ2) is 7.22. The highest BCUT2D eigenvalue weighted by Crippen LogP contribution is 2.20. The van der Waals surface area contributed by atoms with Crippen molar-refractivity contribution < 1.29 is 4.79 Å². The van der Waals surface area contributed by atoms with Crippen molar-refractivity contribution in [2.75, 3.05) is 11.9 Å². The first-order valence-electron chi connectivity index (χ1n) is 8.25. The van der Waals surface area contributed by atoms with E-state index in [4.69, 9.17) is 5.41 Å². The Morgan fingerprint density at radius 1 is 1.35 bits per heavy atom. The normalized spacial score (nSPS) is 10.9. The third kappa shape index (κ3) is 3.34. The molecule has 0 saturated heterocycles. The fourth-order valence-electron chi connectivity index (χ4n) is 2.54. The van der Waals surface area contributed by atoms with Gasteiger partial charge < -0.3 is 10.7 Å². The van der Waals surface area contributed by atoms with Crippen LogP contribution in [0.3, 0.4) is 0 Å².